The first kappa shape index (κ1) is 12.7. The molecule has 0 bridgehead atoms. The van der Waals surface area contributed by atoms with E-state index in [4.69, 9.17) is 5.73 Å². The Morgan fingerprint density at radius 2 is 1.70 bits per heavy atom. The lowest BCUT2D eigenvalue weighted by atomic mass is 10.2. The molecule has 102 valence electrons. The number of aromatic nitrogens is 2. The number of benzene rings is 2. The summed E-state index contributed by atoms with van der Waals surface area (Å²) in [6.07, 6.45) is 0.563. The third-order valence-corrected chi connectivity index (χ3v) is 3.14. The highest BCUT2D eigenvalue weighted by atomic mass is 19.1. The van der Waals surface area contributed by atoms with E-state index in [1.165, 1.54) is 24.3 Å². The van der Waals surface area contributed by atoms with Crippen LogP contribution in [0.2, 0.25) is 0 Å². The van der Waals surface area contributed by atoms with Crippen LogP contribution in [0.1, 0.15) is 5.82 Å². The molecule has 2 aromatic carbocycles. The second-order valence-corrected chi connectivity index (χ2v) is 4.51. The van der Waals surface area contributed by atoms with Crippen molar-refractivity contribution in [2.24, 2.45) is 5.73 Å². The van der Waals surface area contributed by atoms with E-state index < -0.39 is 0 Å². The fourth-order valence-corrected chi connectivity index (χ4v) is 2.27. The summed E-state index contributed by atoms with van der Waals surface area (Å²) >= 11 is 0. The zero-order chi connectivity index (χ0) is 14.1. The highest BCUT2D eigenvalue weighted by molar-refractivity contribution is 5.78. The highest BCUT2D eigenvalue weighted by Crippen LogP contribution is 2.23. The first-order valence-electron chi connectivity index (χ1n) is 6.32. The lowest BCUT2D eigenvalue weighted by molar-refractivity contribution is 0.626. The number of fused-ring (bicyclic) bond motifs is 1. The van der Waals surface area contributed by atoms with Crippen molar-refractivity contribution in [1.82, 2.24) is 9.55 Å². The zero-order valence-corrected chi connectivity index (χ0v) is 10.7. The van der Waals surface area contributed by atoms with E-state index in [0.717, 1.165) is 11.5 Å². The van der Waals surface area contributed by atoms with Crippen LogP contribution < -0.4 is 5.73 Å². The smallest absolute Gasteiger partial charge is 0.125 e. The first-order valence-corrected chi connectivity index (χ1v) is 6.32. The molecule has 0 atom stereocenters. The molecule has 0 fully saturated rings. The number of hydrogen-bond acceptors (Lipinski definition) is 2. The van der Waals surface area contributed by atoms with E-state index in [2.05, 4.69) is 4.98 Å². The Bertz CT molecular complexity index is 748. The Hall–Kier alpha value is -2.27. The summed E-state index contributed by atoms with van der Waals surface area (Å²) in [4.78, 5) is 4.46. The topological polar surface area (TPSA) is 43.8 Å². The van der Waals surface area contributed by atoms with Gasteiger partial charge in [-0.1, -0.05) is 0 Å². The Balaban J connectivity index is 2.27. The fourth-order valence-electron chi connectivity index (χ4n) is 2.27. The molecule has 0 radical (unpaired) electrons. The molecule has 0 aliphatic heterocycles. The Labute approximate surface area is 114 Å². The van der Waals surface area contributed by atoms with Crippen LogP contribution in [-0.4, -0.2) is 16.1 Å². The average molecular weight is 273 g/mol. The molecule has 0 unspecified atom stereocenters. The van der Waals surface area contributed by atoms with Crippen molar-refractivity contribution in [3.8, 4) is 5.69 Å². The molecule has 1 heterocycles. The number of hydrogen-bond donors (Lipinski definition) is 1. The molecule has 2 N–H and O–H groups in total. The van der Waals surface area contributed by atoms with Crippen molar-refractivity contribution in [3.63, 3.8) is 0 Å². The van der Waals surface area contributed by atoms with Gasteiger partial charge in [-0.25, -0.2) is 13.8 Å². The summed E-state index contributed by atoms with van der Waals surface area (Å²) < 4.78 is 28.3. The van der Waals surface area contributed by atoms with Gasteiger partial charge in [-0.2, -0.15) is 0 Å². The van der Waals surface area contributed by atoms with Crippen molar-refractivity contribution in [3.05, 3.63) is 59.9 Å². The molecule has 1 aromatic heterocycles. The predicted octanol–water partition coefficient (Wildman–Crippen LogP) is 2.80. The summed E-state index contributed by atoms with van der Waals surface area (Å²) in [7, 11) is 0. The standard InChI is InChI=1S/C15H13F2N3/c16-10-1-4-12(5-2-10)20-14-9-11(17)3-6-13(14)19-15(20)7-8-18/h1-6,9H,7-8,18H2. The van der Waals surface area contributed by atoms with E-state index in [1.807, 2.05) is 4.57 Å². The fraction of sp³-hybridized carbons (Fsp3) is 0.133. The minimum absolute atomic E-state index is 0.315. The van der Waals surface area contributed by atoms with Crippen LogP contribution in [0.15, 0.2) is 42.5 Å². The van der Waals surface area contributed by atoms with Gasteiger partial charge in [0.05, 0.1) is 11.0 Å². The van der Waals surface area contributed by atoms with Crippen LogP contribution in [0.5, 0.6) is 0 Å². The third kappa shape index (κ3) is 2.16. The maximum atomic E-state index is 13.5. The molecule has 0 aliphatic rings. The first-order chi connectivity index (χ1) is 9.69. The van der Waals surface area contributed by atoms with E-state index in [0.29, 0.717) is 24.0 Å². The van der Waals surface area contributed by atoms with Crippen molar-refractivity contribution in [2.45, 2.75) is 6.42 Å². The van der Waals surface area contributed by atoms with Gasteiger partial charge in [0.1, 0.15) is 17.5 Å². The van der Waals surface area contributed by atoms with Gasteiger partial charge in [0, 0.05) is 18.2 Å². The van der Waals surface area contributed by atoms with Gasteiger partial charge >= 0.3 is 0 Å². The highest BCUT2D eigenvalue weighted by Gasteiger charge is 2.12. The van der Waals surface area contributed by atoms with E-state index >= 15 is 0 Å². The van der Waals surface area contributed by atoms with Crippen LogP contribution in [0.3, 0.4) is 0 Å². The van der Waals surface area contributed by atoms with Gasteiger partial charge in [0.2, 0.25) is 0 Å². The molecular formula is C15H13F2N3. The van der Waals surface area contributed by atoms with Crippen molar-refractivity contribution < 1.29 is 8.78 Å². The molecule has 0 aliphatic carbocycles. The van der Waals surface area contributed by atoms with E-state index in [-0.39, 0.29) is 11.6 Å². The lowest BCUT2D eigenvalue weighted by Crippen LogP contribution is -2.09. The minimum Gasteiger partial charge on any atom is -0.330 e. The second kappa shape index (κ2) is 5.02. The van der Waals surface area contributed by atoms with Crippen molar-refractivity contribution in [2.75, 3.05) is 6.54 Å². The zero-order valence-electron chi connectivity index (χ0n) is 10.7. The van der Waals surface area contributed by atoms with Gasteiger partial charge in [-0.05, 0) is 42.9 Å². The Morgan fingerprint density at radius 3 is 2.40 bits per heavy atom. The van der Waals surface area contributed by atoms with Crippen molar-refractivity contribution in [1.29, 1.82) is 0 Å². The molecule has 3 nitrogen and oxygen atoms in total. The quantitative estimate of drug-likeness (QED) is 0.797. The van der Waals surface area contributed by atoms with E-state index in [1.54, 1.807) is 18.2 Å². The number of nitrogens with two attached hydrogens (primary N) is 1. The van der Waals surface area contributed by atoms with E-state index in [9.17, 15) is 8.78 Å². The molecule has 5 heteroatoms. The van der Waals surface area contributed by atoms with Gasteiger partial charge < -0.3 is 5.73 Å². The van der Waals surface area contributed by atoms with Crippen LogP contribution in [-0.2, 0) is 6.42 Å². The minimum atomic E-state index is -0.333. The largest absolute Gasteiger partial charge is 0.330 e. The number of halogens is 2. The van der Waals surface area contributed by atoms with Gasteiger partial charge in [-0.15, -0.1) is 0 Å². The molecule has 20 heavy (non-hydrogen) atoms. The van der Waals surface area contributed by atoms with Gasteiger partial charge in [-0.3, -0.25) is 4.57 Å². The van der Waals surface area contributed by atoms with Crippen LogP contribution >= 0.6 is 0 Å². The molecule has 3 rings (SSSR count). The normalized spacial score (nSPS) is 11.2. The Kier molecular flexibility index (Phi) is 3.20. The second-order valence-electron chi connectivity index (χ2n) is 4.51. The molecule has 0 saturated heterocycles. The summed E-state index contributed by atoms with van der Waals surface area (Å²) in [6.45, 7) is 0.437. The summed E-state index contributed by atoms with van der Waals surface area (Å²) in [6, 6.07) is 10.4. The monoisotopic (exact) mass is 273 g/mol. The predicted molar refractivity (Wildman–Crippen MR) is 73.7 cm³/mol. The molecule has 0 saturated carbocycles. The van der Waals surface area contributed by atoms with Crippen molar-refractivity contribution >= 4 is 11.0 Å². The number of imidazole rings is 1. The number of nitrogens with zero attached hydrogens (tertiary/aromatic N) is 2. The summed E-state index contributed by atoms with van der Waals surface area (Å²) in [5.74, 6) is 0.0875. The SMILES string of the molecule is NCCc1nc2ccc(F)cc2n1-c1ccc(F)cc1. The van der Waals surface area contributed by atoms with Gasteiger partial charge in [0.15, 0.2) is 0 Å². The maximum absolute atomic E-state index is 13.5. The maximum Gasteiger partial charge on any atom is 0.125 e. The van der Waals surface area contributed by atoms with Crippen LogP contribution in [0.4, 0.5) is 8.78 Å². The van der Waals surface area contributed by atoms with Crippen LogP contribution in [0.25, 0.3) is 16.7 Å². The molecular weight excluding hydrogens is 260 g/mol. The summed E-state index contributed by atoms with van der Waals surface area (Å²) in [5, 5.41) is 0. The van der Waals surface area contributed by atoms with Gasteiger partial charge in [0.25, 0.3) is 0 Å². The van der Waals surface area contributed by atoms with Crippen LogP contribution in [0, 0.1) is 11.6 Å². The molecule has 0 spiro atoms. The molecule has 0 amide bonds. The Morgan fingerprint density at radius 1 is 1.00 bits per heavy atom. The number of rotatable bonds is 3. The lowest BCUT2D eigenvalue weighted by Gasteiger charge is -2.08. The average Bonchev–Trinajstić information content (AvgIpc) is 2.78. The third-order valence-electron chi connectivity index (χ3n) is 3.14. The molecule has 3 aromatic rings. The summed E-state index contributed by atoms with van der Waals surface area (Å²) in [5.41, 5.74) is 7.68.